The van der Waals surface area contributed by atoms with Crippen LogP contribution in [0.25, 0.3) is 0 Å². The summed E-state index contributed by atoms with van der Waals surface area (Å²) in [5.74, 6) is 0.420. The SMILES string of the molecule is CCC(COC)N1C(=O)C(C2CC2)NC(=O)C1CC. The minimum Gasteiger partial charge on any atom is -0.383 e. The fourth-order valence-corrected chi connectivity index (χ4v) is 2.90. The number of nitrogens with one attached hydrogen (secondary N) is 1. The summed E-state index contributed by atoms with van der Waals surface area (Å²) in [6, 6.07) is -0.654. The predicted molar refractivity (Wildman–Crippen MR) is 71.5 cm³/mol. The van der Waals surface area contributed by atoms with Crippen molar-refractivity contribution >= 4 is 11.8 Å². The Bertz CT molecular complexity index is 355. The molecule has 2 aliphatic rings. The van der Waals surface area contributed by atoms with Gasteiger partial charge in [-0.1, -0.05) is 13.8 Å². The molecule has 0 spiro atoms. The first-order valence-corrected chi connectivity index (χ1v) is 7.25. The molecule has 0 radical (unpaired) electrons. The van der Waals surface area contributed by atoms with Gasteiger partial charge < -0.3 is 15.0 Å². The van der Waals surface area contributed by atoms with Crippen molar-refractivity contribution < 1.29 is 14.3 Å². The van der Waals surface area contributed by atoms with Crippen LogP contribution < -0.4 is 5.32 Å². The van der Waals surface area contributed by atoms with Crippen LogP contribution in [0.5, 0.6) is 0 Å². The highest BCUT2D eigenvalue weighted by atomic mass is 16.5. The number of rotatable bonds is 6. The van der Waals surface area contributed by atoms with Crippen molar-refractivity contribution in [2.24, 2.45) is 5.92 Å². The van der Waals surface area contributed by atoms with Crippen molar-refractivity contribution in [2.75, 3.05) is 13.7 Å². The van der Waals surface area contributed by atoms with E-state index in [1.165, 1.54) is 0 Å². The highest BCUT2D eigenvalue weighted by Crippen LogP contribution is 2.36. The summed E-state index contributed by atoms with van der Waals surface area (Å²) < 4.78 is 5.21. The lowest BCUT2D eigenvalue weighted by Crippen LogP contribution is -2.66. The molecule has 5 heteroatoms. The molecule has 3 atom stereocenters. The van der Waals surface area contributed by atoms with Crippen LogP contribution in [0.3, 0.4) is 0 Å². The van der Waals surface area contributed by atoms with Crippen LogP contribution in [0.4, 0.5) is 0 Å². The highest BCUT2D eigenvalue weighted by molar-refractivity contribution is 5.97. The van der Waals surface area contributed by atoms with Gasteiger partial charge in [-0.25, -0.2) is 0 Å². The van der Waals surface area contributed by atoms with Gasteiger partial charge in [-0.3, -0.25) is 9.59 Å². The standard InChI is InChI=1S/C14H24N2O3/c1-4-10(8-19-3)16-11(5-2)13(17)15-12(14(16)18)9-6-7-9/h9-12H,4-8H2,1-3H3,(H,15,17). The van der Waals surface area contributed by atoms with Crippen LogP contribution in [0.1, 0.15) is 39.5 Å². The quantitative estimate of drug-likeness (QED) is 0.779. The largest absolute Gasteiger partial charge is 0.383 e. The zero-order valence-corrected chi connectivity index (χ0v) is 12.0. The van der Waals surface area contributed by atoms with Crippen molar-refractivity contribution in [1.29, 1.82) is 0 Å². The van der Waals surface area contributed by atoms with Crippen LogP contribution in [0.2, 0.25) is 0 Å². The lowest BCUT2D eigenvalue weighted by Gasteiger charge is -2.43. The fourth-order valence-electron chi connectivity index (χ4n) is 2.90. The van der Waals surface area contributed by atoms with Gasteiger partial charge in [0.1, 0.15) is 12.1 Å². The molecule has 1 saturated carbocycles. The number of hydrogen-bond acceptors (Lipinski definition) is 3. The number of ether oxygens (including phenoxy) is 1. The maximum Gasteiger partial charge on any atom is 0.246 e. The summed E-state index contributed by atoms with van der Waals surface area (Å²) in [7, 11) is 1.64. The lowest BCUT2D eigenvalue weighted by atomic mass is 9.98. The van der Waals surface area contributed by atoms with Gasteiger partial charge in [-0.2, -0.15) is 0 Å². The molecule has 19 heavy (non-hydrogen) atoms. The van der Waals surface area contributed by atoms with E-state index in [1.54, 1.807) is 12.0 Å². The minimum absolute atomic E-state index is 0.00486. The monoisotopic (exact) mass is 268 g/mol. The molecule has 1 heterocycles. The van der Waals surface area contributed by atoms with E-state index in [1.807, 2.05) is 13.8 Å². The number of nitrogens with zero attached hydrogens (tertiary/aromatic N) is 1. The van der Waals surface area contributed by atoms with Crippen molar-refractivity contribution in [3.05, 3.63) is 0 Å². The van der Waals surface area contributed by atoms with Gasteiger partial charge in [-0.05, 0) is 31.6 Å². The zero-order chi connectivity index (χ0) is 14.0. The minimum atomic E-state index is -0.345. The van der Waals surface area contributed by atoms with Gasteiger partial charge in [0, 0.05) is 7.11 Å². The number of methoxy groups -OCH3 is 1. The van der Waals surface area contributed by atoms with Crippen molar-refractivity contribution in [3.8, 4) is 0 Å². The topological polar surface area (TPSA) is 58.6 Å². The van der Waals surface area contributed by atoms with E-state index in [4.69, 9.17) is 4.74 Å². The van der Waals surface area contributed by atoms with E-state index >= 15 is 0 Å². The zero-order valence-electron chi connectivity index (χ0n) is 12.0. The van der Waals surface area contributed by atoms with Crippen LogP contribution in [-0.2, 0) is 14.3 Å². The van der Waals surface area contributed by atoms with Crippen molar-refractivity contribution in [2.45, 2.75) is 57.7 Å². The number of carbonyl (C=O) groups is 2. The second kappa shape index (κ2) is 5.90. The number of carbonyl (C=O) groups excluding carboxylic acids is 2. The number of hydrogen-bond donors (Lipinski definition) is 1. The Kier molecular flexibility index (Phi) is 4.45. The second-order valence-electron chi connectivity index (χ2n) is 5.51. The summed E-state index contributed by atoms with van der Waals surface area (Å²) >= 11 is 0. The Morgan fingerprint density at radius 3 is 2.53 bits per heavy atom. The molecule has 1 N–H and O–H groups in total. The van der Waals surface area contributed by atoms with E-state index in [2.05, 4.69) is 5.32 Å². The molecule has 2 amide bonds. The molecular formula is C14H24N2O3. The van der Waals surface area contributed by atoms with E-state index in [0.717, 1.165) is 19.3 Å². The molecule has 1 aliphatic heterocycles. The van der Waals surface area contributed by atoms with Gasteiger partial charge in [0.2, 0.25) is 11.8 Å². The fraction of sp³-hybridized carbons (Fsp3) is 0.857. The first-order valence-electron chi connectivity index (χ1n) is 7.25. The number of piperazine rings is 1. The van der Waals surface area contributed by atoms with Crippen LogP contribution >= 0.6 is 0 Å². The number of amides is 2. The van der Waals surface area contributed by atoms with Gasteiger partial charge in [-0.15, -0.1) is 0 Å². The lowest BCUT2D eigenvalue weighted by molar-refractivity contribution is -0.154. The van der Waals surface area contributed by atoms with Gasteiger partial charge >= 0.3 is 0 Å². The predicted octanol–water partition coefficient (Wildman–Crippen LogP) is 0.927. The summed E-state index contributed by atoms with van der Waals surface area (Å²) in [6.45, 7) is 4.47. The smallest absolute Gasteiger partial charge is 0.246 e. The third-order valence-electron chi connectivity index (χ3n) is 4.16. The molecular weight excluding hydrogens is 244 g/mol. The van der Waals surface area contributed by atoms with E-state index in [9.17, 15) is 9.59 Å². The average molecular weight is 268 g/mol. The molecule has 5 nitrogen and oxygen atoms in total. The van der Waals surface area contributed by atoms with Gasteiger partial charge in [0.25, 0.3) is 0 Å². The van der Waals surface area contributed by atoms with Crippen LogP contribution in [-0.4, -0.2) is 48.6 Å². The Balaban J connectivity index is 2.21. The summed E-state index contributed by atoms with van der Waals surface area (Å²) in [4.78, 5) is 26.6. The molecule has 1 aliphatic carbocycles. The molecule has 1 saturated heterocycles. The first kappa shape index (κ1) is 14.3. The van der Waals surface area contributed by atoms with Crippen LogP contribution in [0, 0.1) is 5.92 Å². The highest BCUT2D eigenvalue weighted by Gasteiger charge is 2.47. The Morgan fingerprint density at radius 2 is 2.05 bits per heavy atom. The molecule has 0 bridgehead atoms. The molecule has 3 unspecified atom stereocenters. The second-order valence-corrected chi connectivity index (χ2v) is 5.51. The Hall–Kier alpha value is -1.10. The summed E-state index contributed by atoms with van der Waals surface area (Å²) in [6.07, 6.45) is 3.54. The molecule has 0 aromatic heterocycles. The molecule has 2 fully saturated rings. The normalized spacial score (nSPS) is 29.3. The van der Waals surface area contributed by atoms with Crippen molar-refractivity contribution in [1.82, 2.24) is 10.2 Å². The van der Waals surface area contributed by atoms with E-state index in [-0.39, 0.29) is 29.9 Å². The van der Waals surface area contributed by atoms with E-state index < -0.39 is 0 Å². The van der Waals surface area contributed by atoms with Gasteiger partial charge in [0.15, 0.2) is 0 Å². The van der Waals surface area contributed by atoms with Crippen LogP contribution in [0.15, 0.2) is 0 Å². The third kappa shape index (κ3) is 2.76. The maximum atomic E-state index is 12.7. The third-order valence-corrected chi connectivity index (χ3v) is 4.16. The Labute approximate surface area is 114 Å². The Morgan fingerprint density at radius 1 is 1.37 bits per heavy atom. The van der Waals surface area contributed by atoms with E-state index in [0.29, 0.717) is 18.9 Å². The molecule has 2 rings (SSSR count). The molecule has 0 aromatic carbocycles. The summed E-state index contributed by atoms with van der Waals surface area (Å²) in [5, 5.41) is 2.91. The van der Waals surface area contributed by atoms with Crippen molar-refractivity contribution in [3.63, 3.8) is 0 Å². The van der Waals surface area contributed by atoms with Gasteiger partial charge in [0.05, 0.1) is 12.6 Å². The first-order chi connectivity index (χ1) is 9.13. The molecule has 0 aromatic rings. The summed E-state index contributed by atoms with van der Waals surface area (Å²) in [5.41, 5.74) is 0. The maximum absolute atomic E-state index is 12.7. The molecule has 108 valence electrons. The average Bonchev–Trinajstić information content (AvgIpc) is 3.22.